The van der Waals surface area contributed by atoms with Crippen molar-refractivity contribution in [1.29, 1.82) is 0 Å². The van der Waals surface area contributed by atoms with Crippen molar-refractivity contribution in [3.05, 3.63) is 121 Å². The van der Waals surface area contributed by atoms with Crippen LogP contribution in [0.3, 0.4) is 0 Å². The summed E-state index contributed by atoms with van der Waals surface area (Å²) in [5.41, 5.74) is 11.5. The smallest absolute Gasteiger partial charge is 0.270 e. The lowest BCUT2D eigenvalue weighted by Crippen LogP contribution is -2.59. The molecule has 6 aliphatic rings. The molecule has 0 fully saturated rings. The van der Waals surface area contributed by atoms with Gasteiger partial charge in [-0.05, 0) is 106 Å². The van der Waals surface area contributed by atoms with E-state index in [9.17, 15) is 0 Å². The molecular weight excluding hydrogens is 670 g/mol. The topological polar surface area (TPSA) is 55.4 Å². The Bertz CT molecular complexity index is 2570. The molecule has 0 saturated heterocycles. The van der Waals surface area contributed by atoms with Crippen LogP contribution in [-0.4, -0.2) is 13.4 Å². The Morgan fingerprint density at radius 2 is 0.574 bits per heavy atom. The summed E-state index contributed by atoms with van der Waals surface area (Å²) in [5.74, 6) is 9.78. The van der Waals surface area contributed by atoms with Crippen LogP contribution in [0.15, 0.2) is 115 Å². The van der Waals surface area contributed by atoms with Crippen LogP contribution in [0.4, 0.5) is 0 Å². The van der Waals surface area contributed by atoms with Crippen molar-refractivity contribution in [2.24, 2.45) is 0 Å². The molecule has 0 atom stereocenters. The summed E-state index contributed by atoms with van der Waals surface area (Å²) < 4.78 is 39.7. The van der Waals surface area contributed by atoms with Gasteiger partial charge in [0.05, 0.1) is 0 Å². The second-order valence-corrected chi connectivity index (χ2v) is 15.9. The molecule has 0 spiro atoms. The van der Waals surface area contributed by atoms with Crippen molar-refractivity contribution < 1.29 is 28.4 Å². The lowest BCUT2D eigenvalue weighted by molar-refractivity contribution is 0.442. The maximum Gasteiger partial charge on any atom is 0.270 e. The number of ether oxygens (including phenoxy) is 6. The van der Waals surface area contributed by atoms with Crippen LogP contribution in [0.25, 0.3) is 22.3 Å². The van der Waals surface area contributed by atoms with Crippen LogP contribution < -0.4 is 61.2 Å². The van der Waals surface area contributed by atoms with Crippen LogP contribution in [-0.2, 0) is 5.41 Å². The highest BCUT2D eigenvalue weighted by Crippen LogP contribution is 2.48. The first-order valence-corrected chi connectivity index (χ1v) is 18.5. The molecule has 6 nitrogen and oxygen atoms in total. The van der Waals surface area contributed by atoms with Gasteiger partial charge in [0.25, 0.3) is 13.4 Å². The van der Waals surface area contributed by atoms with Gasteiger partial charge in [-0.15, -0.1) is 0 Å². The Morgan fingerprint density at radius 3 is 0.852 bits per heavy atom. The zero-order valence-electron chi connectivity index (χ0n) is 29.6. The van der Waals surface area contributed by atoms with Crippen molar-refractivity contribution in [1.82, 2.24) is 0 Å². The van der Waals surface area contributed by atoms with E-state index in [1.54, 1.807) is 0 Å². The van der Waals surface area contributed by atoms with Gasteiger partial charge in [-0.2, -0.15) is 0 Å². The summed E-state index contributed by atoms with van der Waals surface area (Å²) in [6, 6.07) is 39.5. The minimum Gasteiger partial charge on any atom is -0.458 e. The van der Waals surface area contributed by atoms with Gasteiger partial charge in [-0.25, -0.2) is 0 Å². The van der Waals surface area contributed by atoms with E-state index >= 15 is 0 Å². The quantitative estimate of drug-likeness (QED) is 0.171. The summed E-state index contributed by atoms with van der Waals surface area (Å²) in [7, 11) is 0. The maximum absolute atomic E-state index is 6.73. The standard InChI is InChI=1S/C46H28B2O6/c1-46(2,3)39-25(23-19-35-44-36(20-23)52-32-16-6-12-28-41(32)47(44)40-27(49-28)11-5-15-31(40)51-35)9-4-10-26(39)24-21-37-45-38(22-24)54-34-18-8-14-30-43(34)48(45)42-29(50-30)13-7-17-33(42)53-37/h4-22H,1-3H3. The molecule has 0 saturated carbocycles. The average molecular weight is 698 g/mol. The summed E-state index contributed by atoms with van der Waals surface area (Å²) in [6.45, 7) is 6.76. The molecule has 8 heteroatoms. The highest BCUT2D eigenvalue weighted by atomic mass is 16.5. The van der Waals surface area contributed by atoms with E-state index in [0.29, 0.717) is 0 Å². The normalized spacial score (nSPS) is 14.6. The number of hydrogen-bond donors (Lipinski definition) is 0. The second-order valence-electron chi connectivity index (χ2n) is 15.9. The molecular formula is C46H28B2O6. The fourth-order valence-electron chi connectivity index (χ4n) is 9.78. The zero-order chi connectivity index (χ0) is 35.6. The summed E-state index contributed by atoms with van der Waals surface area (Å²) in [5, 5.41) is 0. The van der Waals surface area contributed by atoms with Gasteiger partial charge in [-0.1, -0.05) is 63.2 Å². The molecule has 54 heavy (non-hydrogen) atoms. The monoisotopic (exact) mass is 698 g/mol. The van der Waals surface area contributed by atoms with Crippen LogP contribution >= 0.6 is 0 Å². The zero-order valence-corrected chi connectivity index (χ0v) is 29.6. The van der Waals surface area contributed by atoms with E-state index in [2.05, 4.69) is 63.2 Å². The molecule has 0 unspecified atom stereocenters. The first kappa shape index (κ1) is 29.0. The Hall–Kier alpha value is -6.53. The molecule has 0 aliphatic carbocycles. The average Bonchev–Trinajstić information content (AvgIpc) is 3.17. The number of benzene rings is 7. The third-order valence-corrected chi connectivity index (χ3v) is 11.8. The van der Waals surface area contributed by atoms with E-state index in [4.69, 9.17) is 28.4 Å². The highest BCUT2D eigenvalue weighted by molar-refractivity contribution is 7.00. The van der Waals surface area contributed by atoms with Crippen molar-refractivity contribution in [3.63, 3.8) is 0 Å². The summed E-state index contributed by atoms with van der Waals surface area (Å²) in [4.78, 5) is 0. The fraction of sp³-hybridized carbons (Fsp3) is 0.0870. The van der Waals surface area contributed by atoms with Crippen LogP contribution in [0.1, 0.15) is 26.3 Å². The maximum atomic E-state index is 6.73. The summed E-state index contributed by atoms with van der Waals surface area (Å²) >= 11 is 0. The van der Waals surface area contributed by atoms with Crippen molar-refractivity contribution in [2.45, 2.75) is 26.2 Å². The number of hydrogen-bond acceptors (Lipinski definition) is 6. The van der Waals surface area contributed by atoms with Gasteiger partial charge in [0, 0.05) is 32.8 Å². The number of rotatable bonds is 2. The van der Waals surface area contributed by atoms with Crippen molar-refractivity contribution in [3.8, 4) is 91.2 Å². The van der Waals surface area contributed by atoms with E-state index < -0.39 is 0 Å². The van der Waals surface area contributed by atoms with E-state index in [0.717, 1.165) is 124 Å². The molecule has 0 amide bonds. The molecule has 6 heterocycles. The lowest BCUT2D eigenvalue weighted by Gasteiger charge is -2.38. The van der Waals surface area contributed by atoms with Gasteiger partial charge in [-0.3, -0.25) is 0 Å². The molecule has 0 N–H and O–H groups in total. The molecule has 13 rings (SSSR count). The van der Waals surface area contributed by atoms with Gasteiger partial charge in [0.15, 0.2) is 0 Å². The van der Waals surface area contributed by atoms with Crippen LogP contribution in [0, 0.1) is 0 Å². The van der Waals surface area contributed by atoms with E-state index in [-0.39, 0.29) is 18.8 Å². The largest absolute Gasteiger partial charge is 0.458 e. The third-order valence-electron chi connectivity index (χ3n) is 11.8. The minimum atomic E-state index is -0.247. The van der Waals surface area contributed by atoms with Gasteiger partial charge >= 0.3 is 0 Å². The van der Waals surface area contributed by atoms with E-state index in [1.807, 2.05) is 72.8 Å². The minimum absolute atomic E-state index is 0.0308. The van der Waals surface area contributed by atoms with Crippen molar-refractivity contribution >= 4 is 46.2 Å². The van der Waals surface area contributed by atoms with Crippen molar-refractivity contribution in [2.75, 3.05) is 0 Å². The Morgan fingerprint density at radius 1 is 0.333 bits per heavy atom. The molecule has 0 bridgehead atoms. The molecule has 6 aliphatic heterocycles. The van der Waals surface area contributed by atoms with Gasteiger partial charge in [0.1, 0.15) is 69.0 Å². The van der Waals surface area contributed by atoms with Crippen LogP contribution in [0.2, 0.25) is 0 Å². The predicted molar refractivity (Wildman–Crippen MR) is 212 cm³/mol. The summed E-state index contributed by atoms with van der Waals surface area (Å²) in [6.07, 6.45) is 0. The van der Waals surface area contributed by atoms with Crippen LogP contribution in [0.5, 0.6) is 69.0 Å². The first-order valence-electron chi connectivity index (χ1n) is 18.5. The predicted octanol–water partition coefficient (Wildman–Crippen LogP) is 7.98. The highest BCUT2D eigenvalue weighted by Gasteiger charge is 2.48. The Labute approximate surface area is 312 Å². The fourth-order valence-corrected chi connectivity index (χ4v) is 9.78. The second kappa shape index (κ2) is 9.71. The SMILES string of the molecule is CC(C)(C)c1c(-c2cc3c4c(c2)Oc2cccc5c2B4c2c(cccc2O3)O5)cccc1-c1cc2c3c(c1)Oc1cccc4c1B3c1c(cccc1O2)O4. The lowest BCUT2D eigenvalue weighted by atomic mass is 9.34. The van der Waals surface area contributed by atoms with Gasteiger partial charge in [0.2, 0.25) is 0 Å². The van der Waals surface area contributed by atoms with E-state index in [1.165, 1.54) is 5.56 Å². The Kier molecular flexibility index (Phi) is 5.21. The molecule has 7 aromatic rings. The Balaban J connectivity index is 1.01. The van der Waals surface area contributed by atoms with Gasteiger partial charge < -0.3 is 28.4 Å². The third kappa shape index (κ3) is 3.63. The first-order chi connectivity index (χ1) is 26.4. The molecule has 0 aromatic heterocycles. The molecule has 254 valence electrons. The molecule has 7 aromatic carbocycles. The molecule has 0 radical (unpaired) electrons.